The second-order valence-corrected chi connectivity index (χ2v) is 8.64. The van der Waals surface area contributed by atoms with Gasteiger partial charge in [-0.1, -0.05) is 27.5 Å². The number of H-pyrrole nitrogens is 1. The van der Waals surface area contributed by atoms with Gasteiger partial charge < -0.3 is 16.0 Å². The van der Waals surface area contributed by atoms with Crippen molar-refractivity contribution in [1.29, 1.82) is 0 Å². The third kappa shape index (κ3) is 4.13. The van der Waals surface area contributed by atoms with Crippen molar-refractivity contribution >= 4 is 60.7 Å². The summed E-state index contributed by atoms with van der Waals surface area (Å²) in [6.07, 6.45) is 1.92. The number of nitrogens with zero attached hydrogens (tertiary/aromatic N) is 1. The molecule has 6 nitrogen and oxygen atoms in total. The molecule has 1 aliphatic rings. The van der Waals surface area contributed by atoms with Crippen LogP contribution >= 0.6 is 38.9 Å². The number of benzene rings is 1. The second kappa shape index (κ2) is 8.18. The van der Waals surface area contributed by atoms with Crippen molar-refractivity contribution in [3.63, 3.8) is 0 Å². The molecule has 1 aliphatic heterocycles. The lowest BCUT2D eigenvalue weighted by atomic mass is 9.98. The third-order valence-corrected chi connectivity index (χ3v) is 6.21. The molecular weight excluding hydrogens is 450 g/mol. The Kier molecular flexibility index (Phi) is 5.68. The van der Waals surface area contributed by atoms with Gasteiger partial charge in [0.05, 0.1) is 16.2 Å². The Labute approximate surface area is 173 Å². The van der Waals surface area contributed by atoms with E-state index in [4.69, 9.17) is 11.6 Å². The number of rotatable bonds is 6. The fraction of sp³-hybridized carbons (Fsp3) is 0.333. The van der Waals surface area contributed by atoms with Gasteiger partial charge in [-0.15, -0.1) is 11.3 Å². The molecular formula is C18H19BrClN5OS. The number of hydrogen-bond acceptors (Lipinski definition) is 6. The summed E-state index contributed by atoms with van der Waals surface area (Å²) in [5.41, 5.74) is 2.86. The van der Waals surface area contributed by atoms with Crippen LogP contribution in [0, 0.1) is 0 Å². The first-order chi connectivity index (χ1) is 13.1. The zero-order valence-electron chi connectivity index (χ0n) is 14.4. The van der Waals surface area contributed by atoms with E-state index in [9.17, 15) is 4.79 Å². The number of hydrogen-bond donors (Lipinski definition) is 4. The van der Waals surface area contributed by atoms with Gasteiger partial charge in [0, 0.05) is 23.6 Å². The lowest BCUT2D eigenvalue weighted by Gasteiger charge is -2.28. The molecule has 0 bridgehead atoms. The minimum absolute atomic E-state index is 0.0932. The molecule has 0 saturated carbocycles. The van der Waals surface area contributed by atoms with Gasteiger partial charge in [0.1, 0.15) is 4.70 Å². The molecule has 3 aromatic rings. The normalized spacial score (nSPS) is 16.1. The van der Waals surface area contributed by atoms with Crippen LogP contribution in [0.1, 0.15) is 24.4 Å². The van der Waals surface area contributed by atoms with Crippen molar-refractivity contribution in [3.05, 3.63) is 49.0 Å². The smallest absolute Gasteiger partial charge is 0.270 e. The molecule has 0 unspecified atom stereocenters. The van der Waals surface area contributed by atoms with Crippen molar-refractivity contribution in [1.82, 2.24) is 15.3 Å². The van der Waals surface area contributed by atoms with Crippen LogP contribution in [0.2, 0.25) is 5.02 Å². The van der Waals surface area contributed by atoms with Gasteiger partial charge in [-0.25, -0.2) is 4.98 Å². The molecule has 0 fully saturated rings. The van der Waals surface area contributed by atoms with Crippen molar-refractivity contribution < 1.29 is 0 Å². The minimum Gasteiger partial charge on any atom is -0.383 e. The summed E-state index contributed by atoms with van der Waals surface area (Å²) in [7, 11) is 0. The van der Waals surface area contributed by atoms with E-state index in [2.05, 4.69) is 47.9 Å². The monoisotopic (exact) mass is 467 g/mol. The molecule has 1 aromatic carbocycles. The lowest BCUT2D eigenvalue weighted by Crippen LogP contribution is -2.30. The van der Waals surface area contributed by atoms with Gasteiger partial charge in [0.25, 0.3) is 5.56 Å². The highest BCUT2D eigenvalue weighted by molar-refractivity contribution is 9.10. The van der Waals surface area contributed by atoms with E-state index in [0.717, 1.165) is 53.2 Å². The first-order valence-electron chi connectivity index (χ1n) is 8.79. The third-order valence-electron chi connectivity index (χ3n) is 4.55. The van der Waals surface area contributed by atoms with Gasteiger partial charge in [-0.2, -0.15) is 0 Å². The highest BCUT2D eigenvalue weighted by Crippen LogP contribution is 2.37. The Morgan fingerprint density at radius 1 is 1.37 bits per heavy atom. The van der Waals surface area contributed by atoms with E-state index in [0.29, 0.717) is 10.6 Å². The lowest BCUT2D eigenvalue weighted by molar-refractivity contribution is 0.497. The summed E-state index contributed by atoms with van der Waals surface area (Å²) in [6.45, 7) is 2.48. The molecule has 27 heavy (non-hydrogen) atoms. The summed E-state index contributed by atoms with van der Waals surface area (Å²) >= 11 is 11.3. The molecule has 0 radical (unpaired) electrons. The summed E-state index contributed by atoms with van der Waals surface area (Å²) in [6, 6.07) is 6.17. The van der Waals surface area contributed by atoms with E-state index in [1.165, 1.54) is 16.9 Å². The molecule has 0 spiro atoms. The maximum atomic E-state index is 12.0. The molecule has 0 amide bonds. The van der Waals surface area contributed by atoms with Crippen LogP contribution in [0.15, 0.2) is 32.8 Å². The molecule has 2 aromatic heterocycles. The van der Waals surface area contributed by atoms with Crippen LogP contribution in [0.3, 0.4) is 0 Å². The van der Waals surface area contributed by atoms with Gasteiger partial charge in [0.2, 0.25) is 5.95 Å². The molecule has 4 rings (SSSR count). The predicted octanol–water partition coefficient (Wildman–Crippen LogP) is 4.35. The molecule has 0 saturated heterocycles. The fourth-order valence-corrected chi connectivity index (χ4v) is 4.92. The topological polar surface area (TPSA) is 81.8 Å². The van der Waals surface area contributed by atoms with E-state index >= 15 is 0 Å². The Morgan fingerprint density at radius 3 is 3.15 bits per heavy atom. The maximum absolute atomic E-state index is 12.0. The van der Waals surface area contributed by atoms with Crippen molar-refractivity contribution in [2.75, 3.05) is 30.3 Å². The number of aromatic amines is 1. The second-order valence-electron chi connectivity index (χ2n) is 6.40. The van der Waals surface area contributed by atoms with Crippen LogP contribution in [-0.4, -0.2) is 29.6 Å². The summed E-state index contributed by atoms with van der Waals surface area (Å²) < 4.78 is 1.65. The highest BCUT2D eigenvalue weighted by Gasteiger charge is 2.21. The molecule has 4 N–H and O–H groups in total. The molecule has 9 heteroatoms. The minimum atomic E-state index is -0.0932. The predicted molar refractivity (Wildman–Crippen MR) is 116 cm³/mol. The molecule has 0 aliphatic carbocycles. The Morgan fingerprint density at radius 2 is 2.26 bits per heavy atom. The fourth-order valence-electron chi connectivity index (χ4n) is 3.29. The van der Waals surface area contributed by atoms with E-state index in [1.54, 1.807) is 0 Å². The molecule has 3 heterocycles. The first kappa shape index (κ1) is 18.7. The van der Waals surface area contributed by atoms with Gasteiger partial charge in [-0.3, -0.25) is 9.78 Å². The summed E-state index contributed by atoms with van der Waals surface area (Å²) in [5.74, 6) is 0.522. The van der Waals surface area contributed by atoms with Gasteiger partial charge >= 0.3 is 0 Å². The zero-order valence-corrected chi connectivity index (χ0v) is 17.6. The molecule has 1 atom stereocenters. The van der Waals surface area contributed by atoms with Crippen LogP contribution in [-0.2, 0) is 0 Å². The standard InChI is InChI=1S/C18H19BrClN5OS/c19-10-8-11-13(2-6-22-15(11)12(20)9-10)21-4-1-5-23-18-24-14-3-7-27-16(14)17(26)25-18/h3,7-9,13,21-22H,1-2,4-6H2,(H2,23,24,25,26)/t13-/m0/s1. The molecule has 142 valence electrons. The number of thiophene rings is 1. The maximum Gasteiger partial charge on any atom is 0.270 e. The zero-order chi connectivity index (χ0) is 18.8. The average molecular weight is 469 g/mol. The Hall–Kier alpha value is -1.61. The summed E-state index contributed by atoms with van der Waals surface area (Å²) in [5, 5.41) is 12.8. The van der Waals surface area contributed by atoms with Crippen LogP contribution < -0.4 is 21.5 Å². The number of aromatic nitrogens is 2. The van der Waals surface area contributed by atoms with Crippen molar-refractivity contribution in [3.8, 4) is 0 Å². The number of anilines is 2. The van der Waals surface area contributed by atoms with Gasteiger partial charge in [-0.05, 0) is 48.5 Å². The number of fused-ring (bicyclic) bond motifs is 2. The Bertz CT molecular complexity index is 1020. The van der Waals surface area contributed by atoms with Crippen molar-refractivity contribution in [2.45, 2.75) is 18.9 Å². The largest absolute Gasteiger partial charge is 0.383 e. The highest BCUT2D eigenvalue weighted by atomic mass is 79.9. The summed E-state index contributed by atoms with van der Waals surface area (Å²) in [4.78, 5) is 19.2. The SMILES string of the molecule is O=c1[nH]c(NCCCN[C@H]2CCNc3c(Cl)cc(Br)cc32)nc2ccsc12. The van der Waals surface area contributed by atoms with Crippen LogP contribution in [0.4, 0.5) is 11.6 Å². The van der Waals surface area contributed by atoms with Crippen LogP contribution in [0.5, 0.6) is 0 Å². The van der Waals surface area contributed by atoms with E-state index in [1.807, 2.05) is 17.5 Å². The number of nitrogens with one attached hydrogen (secondary N) is 4. The van der Waals surface area contributed by atoms with E-state index < -0.39 is 0 Å². The average Bonchev–Trinajstić information content (AvgIpc) is 3.11. The van der Waals surface area contributed by atoms with Crippen LogP contribution in [0.25, 0.3) is 10.2 Å². The van der Waals surface area contributed by atoms with E-state index in [-0.39, 0.29) is 11.6 Å². The quantitative estimate of drug-likeness (QED) is 0.404. The van der Waals surface area contributed by atoms with Gasteiger partial charge in [0.15, 0.2) is 0 Å². The Balaban J connectivity index is 1.31. The van der Waals surface area contributed by atoms with Crippen molar-refractivity contribution in [2.24, 2.45) is 0 Å². The number of halogens is 2. The first-order valence-corrected chi connectivity index (χ1v) is 10.8.